The van der Waals surface area contributed by atoms with E-state index in [4.69, 9.17) is 5.84 Å². The Balaban J connectivity index is 2.50. The number of nitrogens with zero attached hydrogens (tertiary/aromatic N) is 4. The molecule has 3 N–H and O–H groups in total. The largest absolute Gasteiger partial charge is 0.308 e. The fraction of sp³-hybridized carbons (Fsp3) is 0.417. The number of nitrogen functional groups attached to an aromatic ring is 1. The molecule has 2 rings (SSSR count). The van der Waals surface area contributed by atoms with E-state index in [1.54, 1.807) is 6.20 Å². The molecule has 0 amide bonds. The first kappa shape index (κ1) is 12.5. The Kier molecular flexibility index (Phi) is 3.57. The highest BCUT2D eigenvalue weighted by Gasteiger charge is 2.12. The molecule has 0 saturated carbocycles. The summed E-state index contributed by atoms with van der Waals surface area (Å²) in [6.07, 6.45) is 2.78. The highest BCUT2D eigenvalue weighted by molar-refractivity contribution is 5.56. The zero-order chi connectivity index (χ0) is 13.1. The van der Waals surface area contributed by atoms with Gasteiger partial charge < -0.3 is 5.43 Å². The Morgan fingerprint density at radius 3 is 2.78 bits per heavy atom. The van der Waals surface area contributed by atoms with E-state index in [9.17, 15) is 0 Å². The van der Waals surface area contributed by atoms with Gasteiger partial charge in [-0.15, -0.1) is 0 Å². The number of hydrogen-bond acceptors (Lipinski definition) is 5. The smallest absolute Gasteiger partial charge is 0.180 e. The molecule has 0 atom stereocenters. The van der Waals surface area contributed by atoms with Gasteiger partial charge in [0.2, 0.25) is 0 Å². The lowest BCUT2D eigenvalue weighted by Crippen LogP contribution is -2.13. The maximum atomic E-state index is 5.48. The normalized spacial score (nSPS) is 10.7. The second-order valence-corrected chi connectivity index (χ2v) is 4.19. The van der Waals surface area contributed by atoms with Crippen LogP contribution in [0, 0.1) is 13.8 Å². The summed E-state index contributed by atoms with van der Waals surface area (Å²) < 4.78 is 1.91. The Morgan fingerprint density at radius 2 is 2.11 bits per heavy atom. The molecule has 0 aromatic carbocycles. The minimum atomic E-state index is 0.650. The van der Waals surface area contributed by atoms with Crippen molar-refractivity contribution >= 4 is 5.82 Å². The van der Waals surface area contributed by atoms with Crippen molar-refractivity contribution in [2.24, 2.45) is 5.84 Å². The van der Waals surface area contributed by atoms with E-state index in [1.165, 1.54) is 0 Å². The summed E-state index contributed by atoms with van der Waals surface area (Å²) in [6.45, 7) is 6.85. The van der Waals surface area contributed by atoms with Gasteiger partial charge in [0.05, 0.1) is 0 Å². The third-order valence-corrected chi connectivity index (χ3v) is 2.91. The molecule has 0 aliphatic heterocycles. The van der Waals surface area contributed by atoms with E-state index in [1.807, 2.05) is 24.6 Å². The van der Waals surface area contributed by atoms with Gasteiger partial charge >= 0.3 is 0 Å². The van der Waals surface area contributed by atoms with Crippen LogP contribution in [-0.4, -0.2) is 19.7 Å². The molecule has 2 heterocycles. The van der Waals surface area contributed by atoms with Gasteiger partial charge in [-0.25, -0.2) is 15.8 Å². The number of anilines is 1. The number of nitrogens with two attached hydrogens (primary N) is 1. The van der Waals surface area contributed by atoms with Crippen LogP contribution in [0.4, 0.5) is 5.82 Å². The predicted molar refractivity (Wildman–Crippen MR) is 70.8 cm³/mol. The Morgan fingerprint density at radius 1 is 1.33 bits per heavy atom. The lowest BCUT2D eigenvalue weighted by Gasteiger charge is -2.10. The molecule has 18 heavy (non-hydrogen) atoms. The Hall–Kier alpha value is -1.95. The summed E-state index contributed by atoms with van der Waals surface area (Å²) in [5.74, 6) is 6.78. The first-order valence-electron chi connectivity index (χ1n) is 6.01. The fourth-order valence-corrected chi connectivity index (χ4v) is 1.80. The minimum absolute atomic E-state index is 0.650. The first-order valence-corrected chi connectivity index (χ1v) is 6.01. The molecule has 0 bridgehead atoms. The molecular formula is C12H18N6. The summed E-state index contributed by atoms with van der Waals surface area (Å²) >= 11 is 0. The second kappa shape index (κ2) is 5.14. The van der Waals surface area contributed by atoms with E-state index in [-0.39, 0.29) is 0 Å². The van der Waals surface area contributed by atoms with Crippen LogP contribution >= 0.6 is 0 Å². The van der Waals surface area contributed by atoms with Crippen molar-refractivity contribution in [2.45, 2.75) is 33.7 Å². The van der Waals surface area contributed by atoms with Crippen LogP contribution in [0.2, 0.25) is 0 Å². The van der Waals surface area contributed by atoms with Crippen LogP contribution in [0.3, 0.4) is 0 Å². The SMILES string of the molecule is CCCn1nccc1-c1nc(C)c(C)c(NN)n1. The molecule has 6 heteroatoms. The van der Waals surface area contributed by atoms with E-state index in [0.29, 0.717) is 11.6 Å². The van der Waals surface area contributed by atoms with Crippen molar-refractivity contribution < 1.29 is 0 Å². The van der Waals surface area contributed by atoms with Crippen LogP contribution in [0.1, 0.15) is 24.6 Å². The van der Waals surface area contributed by atoms with Crippen LogP contribution in [0.5, 0.6) is 0 Å². The quantitative estimate of drug-likeness (QED) is 0.633. The van der Waals surface area contributed by atoms with Gasteiger partial charge in [0.1, 0.15) is 11.5 Å². The number of hydrazine groups is 1. The van der Waals surface area contributed by atoms with E-state index in [0.717, 1.165) is 29.9 Å². The van der Waals surface area contributed by atoms with E-state index >= 15 is 0 Å². The van der Waals surface area contributed by atoms with Crippen molar-refractivity contribution in [3.8, 4) is 11.5 Å². The third-order valence-electron chi connectivity index (χ3n) is 2.91. The summed E-state index contributed by atoms with van der Waals surface area (Å²) in [5.41, 5.74) is 5.40. The van der Waals surface area contributed by atoms with Crippen molar-refractivity contribution in [2.75, 3.05) is 5.43 Å². The van der Waals surface area contributed by atoms with Crippen LogP contribution in [-0.2, 0) is 6.54 Å². The van der Waals surface area contributed by atoms with Crippen LogP contribution in [0.15, 0.2) is 12.3 Å². The van der Waals surface area contributed by atoms with Gasteiger partial charge in [-0.3, -0.25) is 4.68 Å². The maximum absolute atomic E-state index is 5.48. The lowest BCUT2D eigenvalue weighted by molar-refractivity contribution is 0.606. The van der Waals surface area contributed by atoms with Gasteiger partial charge in [0.15, 0.2) is 5.82 Å². The zero-order valence-corrected chi connectivity index (χ0v) is 10.9. The monoisotopic (exact) mass is 246 g/mol. The second-order valence-electron chi connectivity index (χ2n) is 4.19. The summed E-state index contributed by atoms with van der Waals surface area (Å²) in [5, 5.41) is 4.27. The summed E-state index contributed by atoms with van der Waals surface area (Å²) in [7, 11) is 0. The molecule has 0 aliphatic carbocycles. The Bertz CT molecular complexity index is 545. The first-order chi connectivity index (χ1) is 8.67. The number of aromatic nitrogens is 4. The molecule has 0 aliphatic rings. The molecule has 0 spiro atoms. The van der Waals surface area contributed by atoms with Gasteiger partial charge in [-0.2, -0.15) is 5.10 Å². The number of nitrogens with one attached hydrogen (secondary N) is 1. The molecule has 2 aromatic rings. The highest BCUT2D eigenvalue weighted by Crippen LogP contribution is 2.20. The Labute approximate surface area is 106 Å². The summed E-state index contributed by atoms with van der Waals surface area (Å²) in [6, 6.07) is 1.92. The highest BCUT2D eigenvalue weighted by atomic mass is 15.3. The predicted octanol–water partition coefficient (Wildman–Crippen LogP) is 1.65. The third kappa shape index (κ3) is 2.19. The number of aryl methyl sites for hydroxylation is 2. The zero-order valence-electron chi connectivity index (χ0n) is 10.9. The van der Waals surface area contributed by atoms with E-state index < -0.39 is 0 Å². The average molecular weight is 246 g/mol. The molecule has 96 valence electrons. The van der Waals surface area contributed by atoms with Crippen molar-refractivity contribution in [1.82, 2.24) is 19.7 Å². The lowest BCUT2D eigenvalue weighted by atomic mass is 10.2. The molecular weight excluding hydrogens is 228 g/mol. The van der Waals surface area contributed by atoms with Crippen LogP contribution in [0.25, 0.3) is 11.5 Å². The number of rotatable bonds is 4. The van der Waals surface area contributed by atoms with Crippen molar-refractivity contribution in [3.63, 3.8) is 0 Å². The molecule has 6 nitrogen and oxygen atoms in total. The molecule has 0 fully saturated rings. The maximum Gasteiger partial charge on any atom is 0.180 e. The van der Waals surface area contributed by atoms with Gasteiger partial charge in [0, 0.05) is 24.0 Å². The topological polar surface area (TPSA) is 81.7 Å². The van der Waals surface area contributed by atoms with Gasteiger partial charge in [-0.1, -0.05) is 6.92 Å². The average Bonchev–Trinajstić information content (AvgIpc) is 2.81. The fourth-order valence-electron chi connectivity index (χ4n) is 1.80. The standard InChI is InChI=1S/C12H18N6/c1-4-7-18-10(5-6-14-18)12-15-9(3)8(2)11(16-12)17-13/h5-6H,4,7,13H2,1-3H3,(H,15,16,17). The molecule has 0 unspecified atom stereocenters. The number of hydrogen-bond donors (Lipinski definition) is 2. The molecule has 0 radical (unpaired) electrons. The summed E-state index contributed by atoms with van der Waals surface area (Å²) in [4.78, 5) is 8.93. The van der Waals surface area contributed by atoms with Gasteiger partial charge in [0.25, 0.3) is 0 Å². The van der Waals surface area contributed by atoms with Crippen molar-refractivity contribution in [1.29, 1.82) is 0 Å². The van der Waals surface area contributed by atoms with Gasteiger partial charge in [-0.05, 0) is 26.3 Å². The van der Waals surface area contributed by atoms with Crippen LogP contribution < -0.4 is 11.3 Å². The molecule has 2 aromatic heterocycles. The van der Waals surface area contributed by atoms with E-state index in [2.05, 4.69) is 27.4 Å². The van der Waals surface area contributed by atoms with Crippen molar-refractivity contribution in [3.05, 3.63) is 23.5 Å². The molecule has 0 saturated heterocycles. The minimum Gasteiger partial charge on any atom is -0.308 e.